The molecule has 2 saturated carbocycles. The molecular weight excluding hydrogens is 534 g/mol. The van der Waals surface area contributed by atoms with Crippen LogP contribution in [-0.4, -0.2) is 48.0 Å². The van der Waals surface area contributed by atoms with Crippen LogP contribution in [0.15, 0.2) is 48.9 Å². The zero-order chi connectivity index (χ0) is 29.1. The quantitative estimate of drug-likeness (QED) is 0.185. The van der Waals surface area contributed by atoms with E-state index in [0.717, 1.165) is 38.5 Å². The molecule has 2 fully saturated rings. The van der Waals surface area contributed by atoms with Gasteiger partial charge in [0.05, 0.1) is 17.0 Å². The number of aromatic amines is 1. The summed E-state index contributed by atoms with van der Waals surface area (Å²) in [5.74, 6) is 2.18. The van der Waals surface area contributed by atoms with Gasteiger partial charge in [0.2, 0.25) is 11.8 Å². The summed E-state index contributed by atoms with van der Waals surface area (Å²) >= 11 is 0. The van der Waals surface area contributed by atoms with Gasteiger partial charge in [-0.3, -0.25) is 14.9 Å². The van der Waals surface area contributed by atoms with Crippen molar-refractivity contribution in [3.05, 3.63) is 70.4 Å². The molecule has 1 amide bonds. The monoisotopic (exact) mass is 575 g/mol. The average Bonchev–Trinajstić information content (AvgIpc) is 3.54. The first-order valence-corrected chi connectivity index (χ1v) is 15.3. The molecule has 11 heteroatoms. The summed E-state index contributed by atoms with van der Waals surface area (Å²) in [5.41, 5.74) is 0.471. The van der Waals surface area contributed by atoms with E-state index in [2.05, 4.69) is 25.5 Å². The van der Waals surface area contributed by atoms with Gasteiger partial charge in [0.25, 0.3) is 5.69 Å². The minimum Gasteiger partial charge on any atom is -0.439 e. The van der Waals surface area contributed by atoms with E-state index in [9.17, 15) is 14.9 Å². The normalized spacial score (nSPS) is 17.0. The molecule has 1 atom stereocenters. The second-order valence-corrected chi connectivity index (χ2v) is 11.5. The van der Waals surface area contributed by atoms with Crippen LogP contribution in [0, 0.1) is 16.0 Å². The lowest BCUT2D eigenvalue weighted by atomic mass is 9.82. The van der Waals surface area contributed by atoms with E-state index in [4.69, 9.17) is 4.74 Å². The molecule has 224 valence electrons. The Labute approximate surface area is 246 Å². The number of nitrogens with zero attached hydrogens (tertiary/aromatic N) is 5. The van der Waals surface area contributed by atoms with Gasteiger partial charge >= 0.3 is 0 Å². The lowest BCUT2D eigenvalue weighted by molar-refractivity contribution is -0.386. The third-order valence-electron chi connectivity index (χ3n) is 8.67. The molecule has 1 aromatic carbocycles. The van der Waals surface area contributed by atoms with E-state index in [0.29, 0.717) is 54.9 Å². The van der Waals surface area contributed by atoms with Crippen LogP contribution in [0.3, 0.4) is 0 Å². The minimum absolute atomic E-state index is 0.0445. The van der Waals surface area contributed by atoms with E-state index in [1.165, 1.54) is 31.9 Å². The van der Waals surface area contributed by atoms with Crippen LogP contribution in [0.5, 0.6) is 11.6 Å². The molecule has 2 aliphatic rings. The Bertz CT molecular complexity index is 1280. The van der Waals surface area contributed by atoms with Crippen LogP contribution in [0.25, 0.3) is 0 Å². The van der Waals surface area contributed by atoms with E-state index in [-0.39, 0.29) is 23.7 Å². The first kappa shape index (κ1) is 29.6. The molecule has 0 aliphatic heterocycles. The van der Waals surface area contributed by atoms with Crippen LogP contribution < -0.4 is 10.1 Å². The van der Waals surface area contributed by atoms with E-state index >= 15 is 0 Å². The number of hydrogen-bond donors (Lipinski definition) is 2. The van der Waals surface area contributed by atoms with Crippen molar-refractivity contribution in [3.63, 3.8) is 0 Å². The van der Waals surface area contributed by atoms with Crippen molar-refractivity contribution in [3.8, 4) is 11.6 Å². The maximum atomic E-state index is 13.7. The largest absolute Gasteiger partial charge is 0.439 e. The first-order chi connectivity index (χ1) is 20.6. The molecule has 5 rings (SSSR count). The van der Waals surface area contributed by atoms with Crippen LogP contribution in [0.1, 0.15) is 88.4 Å². The fraction of sp³-hybridized carbons (Fsp3) is 0.548. The molecule has 0 bridgehead atoms. The number of aromatic nitrogens is 4. The lowest BCUT2D eigenvalue weighted by Crippen LogP contribution is -2.43. The topological polar surface area (TPSA) is 139 Å². The highest BCUT2D eigenvalue weighted by Crippen LogP contribution is 2.31. The number of H-pyrrole nitrogens is 1. The van der Waals surface area contributed by atoms with Gasteiger partial charge in [-0.15, -0.1) is 10.2 Å². The Morgan fingerprint density at radius 3 is 2.52 bits per heavy atom. The van der Waals surface area contributed by atoms with Crippen molar-refractivity contribution in [1.82, 2.24) is 30.4 Å². The number of ether oxygens (including phenoxy) is 1. The molecule has 2 aliphatic carbocycles. The minimum atomic E-state index is -0.402. The summed E-state index contributed by atoms with van der Waals surface area (Å²) in [6.07, 6.45) is 15.2. The number of nitrogens with one attached hydrogen (secondary N) is 2. The highest BCUT2D eigenvalue weighted by atomic mass is 16.6. The number of carbonyl (C=O) groups excluding carboxylic acids is 1. The number of amides is 1. The van der Waals surface area contributed by atoms with E-state index in [1.807, 2.05) is 35.2 Å². The Morgan fingerprint density at radius 2 is 1.83 bits per heavy atom. The third kappa shape index (κ3) is 8.12. The highest BCUT2D eigenvalue weighted by molar-refractivity contribution is 5.76. The van der Waals surface area contributed by atoms with Crippen molar-refractivity contribution >= 4 is 11.6 Å². The SMILES string of the molecule is O=C(CC[C@H](NCc1cc(Oc2ccccc2)ncc1[N+](=O)[O-])C1CCCCC1)N(Cc1nnc[nH]1)C1CCCCC1. The van der Waals surface area contributed by atoms with Crippen molar-refractivity contribution < 1.29 is 14.5 Å². The smallest absolute Gasteiger partial charge is 0.292 e. The molecule has 2 heterocycles. The maximum Gasteiger partial charge on any atom is 0.292 e. The molecule has 2 aromatic heterocycles. The fourth-order valence-electron chi connectivity index (χ4n) is 6.43. The van der Waals surface area contributed by atoms with Crippen molar-refractivity contribution in [1.29, 1.82) is 0 Å². The van der Waals surface area contributed by atoms with Crippen LogP contribution >= 0.6 is 0 Å². The highest BCUT2D eigenvalue weighted by Gasteiger charge is 2.29. The molecule has 3 aromatic rings. The average molecular weight is 576 g/mol. The Balaban J connectivity index is 1.28. The van der Waals surface area contributed by atoms with Crippen LogP contribution in [0.4, 0.5) is 5.69 Å². The molecule has 2 N–H and O–H groups in total. The lowest BCUT2D eigenvalue weighted by Gasteiger charge is -2.35. The van der Waals surface area contributed by atoms with Gasteiger partial charge in [-0.1, -0.05) is 56.7 Å². The molecule has 0 saturated heterocycles. The first-order valence-electron chi connectivity index (χ1n) is 15.3. The van der Waals surface area contributed by atoms with Gasteiger partial charge in [-0.2, -0.15) is 0 Å². The number of carbonyl (C=O) groups is 1. The van der Waals surface area contributed by atoms with Crippen molar-refractivity contribution in [2.75, 3.05) is 0 Å². The van der Waals surface area contributed by atoms with Crippen molar-refractivity contribution in [2.45, 2.75) is 102 Å². The second kappa shape index (κ2) is 14.9. The van der Waals surface area contributed by atoms with Gasteiger partial charge in [0.1, 0.15) is 24.1 Å². The maximum absolute atomic E-state index is 13.7. The number of hydrogen-bond acceptors (Lipinski definition) is 8. The molecule has 11 nitrogen and oxygen atoms in total. The van der Waals surface area contributed by atoms with E-state index < -0.39 is 4.92 Å². The van der Waals surface area contributed by atoms with Gasteiger partial charge in [-0.25, -0.2) is 4.98 Å². The van der Waals surface area contributed by atoms with Crippen LogP contribution in [-0.2, 0) is 17.9 Å². The summed E-state index contributed by atoms with van der Waals surface area (Å²) in [6.45, 7) is 0.738. The summed E-state index contributed by atoms with van der Waals surface area (Å²) in [4.78, 5) is 34.4. The van der Waals surface area contributed by atoms with Crippen LogP contribution in [0.2, 0.25) is 0 Å². The second-order valence-electron chi connectivity index (χ2n) is 11.5. The molecular formula is C31H41N7O4. The molecule has 0 unspecified atom stereocenters. The summed E-state index contributed by atoms with van der Waals surface area (Å²) in [5, 5.41) is 23.5. The van der Waals surface area contributed by atoms with Gasteiger partial charge in [0.15, 0.2) is 0 Å². The fourth-order valence-corrected chi connectivity index (χ4v) is 6.43. The molecule has 0 radical (unpaired) electrons. The van der Waals surface area contributed by atoms with E-state index in [1.54, 1.807) is 12.4 Å². The summed E-state index contributed by atoms with van der Waals surface area (Å²) in [6, 6.07) is 11.2. The van der Waals surface area contributed by atoms with Gasteiger partial charge in [0, 0.05) is 31.1 Å². The van der Waals surface area contributed by atoms with Gasteiger partial charge in [-0.05, 0) is 50.2 Å². The Hall–Kier alpha value is -3.86. The Morgan fingerprint density at radius 1 is 1.10 bits per heavy atom. The van der Waals surface area contributed by atoms with Gasteiger partial charge < -0.3 is 19.9 Å². The third-order valence-corrected chi connectivity index (χ3v) is 8.67. The number of rotatable bonds is 13. The Kier molecular flexibility index (Phi) is 10.5. The number of nitro groups is 1. The number of para-hydroxylation sites is 1. The molecule has 0 spiro atoms. The zero-order valence-electron chi connectivity index (χ0n) is 24.1. The number of pyridine rings is 1. The predicted octanol–water partition coefficient (Wildman–Crippen LogP) is 6.08. The predicted molar refractivity (Wildman–Crippen MR) is 158 cm³/mol. The summed E-state index contributed by atoms with van der Waals surface area (Å²) < 4.78 is 5.86. The van der Waals surface area contributed by atoms with Crippen molar-refractivity contribution in [2.24, 2.45) is 5.92 Å². The number of benzene rings is 1. The molecule has 42 heavy (non-hydrogen) atoms. The summed E-state index contributed by atoms with van der Waals surface area (Å²) in [7, 11) is 0. The standard InChI is InChI=1S/C31H41N7O4/c39-31(37(21-29-34-22-35-36-29)25-12-6-2-7-13-25)17-16-27(23-10-4-1-5-11-23)32-19-24-18-30(33-20-28(24)38(40)41)42-26-14-8-3-9-15-26/h3,8-9,14-15,18,20,22-23,25,27,32H,1-2,4-7,10-13,16-17,19,21H2,(H,34,35,36)/t27-/m0/s1. The zero-order valence-corrected chi connectivity index (χ0v) is 24.1.